The van der Waals surface area contributed by atoms with Crippen molar-refractivity contribution in [1.82, 2.24) is 5.43 Å². The Kier molecular flexibility index (Phi) is 7.37. The van der Waals surface area contributed by atoms with Crippen molar-refractivity contribution in [3.8, 4) is 11.5 Å². The fourth-order valence-corrected chi connectivity index (χ4v) is 2.66. The summed E-state index contributed by atoms with van der Waals surface area (Å²) in [6.07, 6.45) is 1.50. The van der Waals surface area contributed by atoms with E-state index in [1.807, 2.05) is 31.2 Å². The van der Waals surface area contributed by atoms with Crippen molar-refractivity contribution in [2.45, 2.75) is 6.92 Å². The van der Waals surface area contributed by atoms with Crippen LogP contribution >= 0.6 is 0 Å². The third-order valence-electron chi connectivity index (χ3n) is 4.27. The molecular formula is C24H23N3O4. The van der Waals surface area contributed by atoms with Crippen molar-refractivity contribution in [1.29, 1.82) is 0 Å². The van der Waals surface area contributed by atoms with Gasteiger partial charge in [-0.25, -0.2) is 5.43 Å². The Bertz CT molecular complexity index is 1080. The summed E-state index contributed by atoms with van der Waals surface area (Å²) in [5, 5.41) is 6.75. The van der Waals surface area contributed by atoms with Gasteiger partial charge in [-0.2, -0.15) is 5.10 Å². The molecule has 0 saturated heterocycles. The van der Waals surface area contributed by atoms with Crippen molar-refractivity contribution < 1.29 is 19.1 Å². The molecule has 3 rings (SSSR count). The molecule has 0 aliphatic carbocycles. The summed E-state index contributed by atoms with van der Waals surface area (Å²) in [6, 6.07) is 21.3. The lowest BCUT2D eigenvalue weighted by atomic mass is 10.2. The second-order valence-electron chi connectivity index (χ2n) is 6.71. The average Bonchev–Trinajstić information content (AvgIpc) is 2.79. The number of carbonyl (C=O) groups excluding carboxylic acids is 2. The quantitative estimate of drug-likeness (QED) is 0.431. The number of nitrogens with one attached hydrogen (secondary N) is 2. The van der Waals surface area contributed by atoms with Crippen LogP contribution in [-0.2, 0) is 4.79 Å². The first-order chi connectivity index (χ1) is 15.0. The Labute approximate surface area is 180 Å². The van der Waals surface area contributed by atoms with E-state index in [9.17, 15) is 9.59 Å². The lowest BCUT2D eigenvalue weighted by Gasteiger charge is -2.08. The number of benzene rings is 3. The number of rotatable bonds is 8. The van der Waals surface area contributed by atoms with Gasteiger partial charge in [0.1, 0.15) is 11.5 Å². The number of ether oxygens (including phenoxy) is 2. The van der Waals surface area contributed by atoms with Crippen LogP contribution in [0.4, 0.5) is 5.69 Å². The van der Waals surface area contributed by atoms with E-state index in [4.69, 9.17) is 9.47 Å². The Morgan fingerprint density at radius 3 is 2.48 bits per heavy atom. The van der Waals surface area contributed by atoms with Crippen LogP contribution in [0.1, 0.15) is 21.5 Å². The summed E-state index contributed by atoms with van der Waals surface area (Å²) in [5.41, 5.74) is 5.45. The van der Waals surface area contributed by atoms with E-state index < -0.39 is 0 Å². The summed E-state index contributed by atoms with van der Waals surface area (Å²) in [7, 11) is 1.54. The first kappa shape index (κ1) is 21.6. The molecule has 2 N–H and O–H groups in total. The molecule has 3 aromatic rings. The number of hydrogen-bond acceptors (Lipinski definition) is 5. The van der Waals surface area contributed by atoms with Crippen LogP contribution in [0.15, 0.2) is 77.9 Å². The zero-order valence-electron chi connectivity index (χ0n) is 17.3. The maximum atomic E-state index is 12.2. The van der Waals surface area contributed by atoms with Crippen molar-refractivity contribution >= 4 is 23.7 Å². The molecule has 0 spiro atoms. The molecule has 2 amide bonds. The van der Waals surface area contributed by atoms with Crippen LogP contribution in [0, 0.1) is 6.92 Å². The van der Waals surface area contributed by atoms with E-state index in [0.717, 1.165) is 5.56 Å². The van der Waals surface area contributed by atoms with Crippen LogP contribution in [-0.4, -0.2) is 31.7 Å². The maximum Gasteiger partial charge on any atom is 0.271 e. The highest BCUT2D eigenvalue weighted by atomic mass is 16.5. The summed E-state index contributed by atoms with van der Waals surface area (Å²) >= 11 is 0. The van der Waals surface area contributed by atoms with Crippen LogP contribution in [0.2, 0.25) is 0 Å². The molecule has 31 heavy (non-hydrogen) atoms. The number of aryl methyl sites for hydroxylation is 1. The zero-order chi connectivity index (χ0) is 22.1. The van der Waals surface area contributed by atoms with Gasteiger partial charge in [0.05, 0.1) is 13.3 Å². The number of nitrogens with zero attached hydrogens (tertiary/aromatic N) is 1. The Morgan fingerprint density at radius 1 is 0.968 bits per heavy atom. The van der Waals surface area contributed by atoms with Crippen molar-refractivity contribution in [2.75, 3.05) is 19.0 Å². The molecule has 7 nitrogen and oxygen atoms in total. The van der Waals surface area contributed by atoms with E-state index in [0.29, 0.717) is 28.3 Å². The normalized spacial score (nSPS) is 10.5. The fraction of sp³-hybridized carbons (Fsp3) is 0.125. The van der Waals surface area contributed by atoms with Crippen molar-refractivity contribution in [2.24, 2.45) is 5.10 Å². The molecule has 3 aromatic carbocycles. The van der Waals surface area contributed by atoms with Crippen LogP contribution in [0.25, 0.3) is 0 Å². The maximum absolute atomic E-state index is 12.2. The van der Waals surface area contributed by atoms with Gasteiger partial charge >= 0.3 is 0 Å². The predicted molar refractivity (Wildman–Crippen MR) is 120 cm³/mol. The van der Waals surface area contributed by atoms with Crippen LogP contribution < -0.4 is 20.2 Å². The molecule has 0 saturated carbocycles. The second-order valence-corrected chi connectivity index (χ2v) is 6.71. The molecule has 0 aromatic heterocycles. The van der Waals surface area contributed by atoms with Gasteiger partial charge in [0.25, 0.3) is 11.8 Å². The third kappa shape index (κ3) is 6.71. The highest BCUT2D eigenvalue weighted by Crippen LogP contribution is 2.14. The Morgan fingerprint density at radius 2 is 1.71 bits per heavy atom. The van der Waals surface area contributed by atoms with E-state index in [1.54, 1.807) is 48.5 Å². The molecule has 0 unspecified atom stereocenters. The number of methoxy groups -OCH3 is 1. The van der Waals surface area contributed by atoms with Gasteiger partial charge in [0.2, 0.25) is 0 Å². The second kappa shape index (κ2) is 10.6. The van der Waals surface area contributed by atoms with Gasteiger partial charge in [-0.05, 0) is 55.0 Å². The summed E-state index contributed by atoms with van der Waals surface area (Å²) in [5.74, 6) is 0.499. The topological polar surface area (TPSA) is 89.0 Å². The van der Waals surface area contributed by atoms with E-state index in [-0.39, 0.29) is 18.4 Å². The van der Waals surface area contributed by atoms with Crippen molar-refractivity contribution in [3.63, 3.8) is 0 Å². The Hall–Kier alpha value is -4.13. The van der Waals surface area contributed by atoms with Crippen LogP contribution in [0.5, 0.6) is 11.5 Å². The van der Waals surface area contributed by atoms with Gasteiger partial charge in [-0.3, -0.25) is 9.59 Å². The van der Waals surface area contributed by atoms with Gasteiger partial charge in [0.15, 0.2) is 6.61 Å². The molecule has 0 aliphatic heterocycles. The molecule has 7 heteroatoms. The summed E-state index contributed by atoms with van der Waals surface area (Å²) in [4.78, 5) is 24.2. The first-order valence-corrected chi connectivity index (χ1v) is 9.60. The monoisotopic (exact) mass is 417 g/mol. The van der Waals surface area contributed by atoms with E-state index >= 15 is 0 Å². The first-order valence-electron chi connectivity index (χ1n) is 9.60. The fourth-order valence-electron chi connectivity index (χ4n) is 2.66. The smallest absolute Gasteiger partial charge is 0.271 e. The van der Waals surface area contributed by atoms with Gasteiger partial charge < -0.3 is 14.8 Å². The summed E-state index contributed by atoms with van der Waals surface area (Å²) < 4.78 is 10.7. The lowest BCUT2D eigenvalue weighted by molar-refractivity contribution is -0.118. The molecule has 0 bridgehead atoms. The minimum absolute atomic E-state index is 0.124. The molecular weight excluding hydrogens is 394 g/mol. The molecule has 0 radical (unpaired) electrons. The largest absolute Gasteiger partial charge is 0.497 e. The van der Waals surface area contributed by atoms with Gasteiger partial charge in [-0.1, -0.05) is 35.9 Å². The van der Waals surface area contributed by atoms with Gasteiger partial charge in [0, 0.05) is 11.3 Å². The zero-order valence-corrected chi connectivity index (χ0v) is 17.3. The van der Waals surface area contributed by atoms with Crippen LogP contribution in [0.3, 0.4) is 0 Å². The average molecular weight is 417 g/mol. The molecule has 0 aliphatic rings. The molecule has 0 fully saturated rings. The summed E-state index contributed by atoms with van der Waals surface area (Å²) in [6.45, 7) is 1.86. The predicted octanol–water partition coefficient (Wildman–Crippen LogP) is 3.79. The minimum Gasteiger partial charge on any atom is -0.497 e. The van der Waals surface area contributed by atoms with E-state index in [1.165, 1.54) is 13.3 Å². The van der Waals surface area contributed by atoms with Gasteiger partial charge in [-0.15, -0.1) is 0 Å². The highest BCUT2D eigenvalue weighted by Gasteiger charge is 2.06. The lowest BCUT2D eigenvalue weighted by Crippen LogP contribution is -2.20. The highest BCUT2D eigenvalue weighted by molar-refractivity contribution is 5.95. The minimum atomic E-state index is -0.352. The number of amides is 2. The van der Waals surface area contributed by atoms with Crippen molar-refractivity contribution in [3.05, 3.63) is 89.5 Å². The molecule has 0 heterocycles. The standard InChI is InChI=1S/C24H23N3O4/c1-17-9-11-20(12-10-17)26-23(28)16-31-22-8-3-5-18(13-22)15-25-27-24(29)19-6-4-7-21(14-19)30-2/h3-15H,16H2,1-2H3,(H,26,28)(H,27,29)/b25-15+. The SMILES string of the molecule is COc1cccc(C(=O)N/N=C/c2cccc(OCC(=O)Nc3ccc(C)cc3)c2)c1. The number of carbonyl (C=O) groups is 2. The molecule has 0 atom stereocenters. The number of hydrazone groups is 1. The third-order valence-corrected chi connectivity index (χ3v) is 4.27. The number of hydrogen-bond donors (Lipinski definition) is 2. The Balaban J connectivity index is 1.51. The number of anilines is 1. The van der Waals surface area contributed by atoms with E-state index in [2.05, 4.69) is 15.8 Å². The molecule has 158 valence electrons.